The van der Waals surface area contributed by atoms with Crippen molar-refractivity contribution in [3.05, 3.63) is 0 Å². The normalized spacial score (nSPS) is 23.1. The van der Waals surface area contributed by atoms with E-state index in [9.17, 15) is 13.2 Å². The van der Waals surface area contributed by atoms with Gasteiger partial charge in [0, 0.05) is 13.2 Å². The van der Waals surface area contributed by atoms with Gasteiger partial charge in [-0.2, -0.15) is 13.2 Å². The first-order valence-electron chi connectivity index (χ1n) is 4.41. The van der Waals surface area contributed by atoms with E-state index >= 15 is 0 Å². The minimum absolute atomic E-state index is 0.0182. The van der Waals surface area contributed by atoms with Crippen molar-refractivity contribution in [3.63, 3.8) is 0 Å². The topological polar surface area (TPSA) is 21.3 Å². The standard InChI is InChI=1S/C8H14F3NO/c1-2-12-7(8(9,10)11)3-5-13-6-4-7/h12H,2-6H2,1H3. The number of alkyl halides is 3. The maximum atomic E-state index is 12.7. The lowest BCUT2D eigenvalue weighted by molar-refractivity contribution is -0.216. The molecule has 0 aromatic rings. The zero-order valence-electron chi connectivity index (χ0n) is 7.58. The molecule has 0 aromatic heterocycles. The molecule has 13 heavy (non-hydrogen) atoms. The first-order chi connectivity index (χ1) is 6.02. The zero-order chi connectivity index (χ0) is 9.95. The monoisotopic (exact) mass is 197 g/mol. The van der Waals surface area contributed by atoms with E-state index in [2.05, 4.69) is 5.32 Å². The molecule has 0 atom stereocenters. The molecule has 5 heteroatoms. The van der Waals surface area contributed by atoms with E-state index in [0.29, 0.717) is 6.54 Å². The van der Waals surface area contributed by atoms with Gasteiger partial charge in [0.1, 0.15) is 5.54 Å². The molecule has 0 saturated carbocycles. The molecule has 78 valence electrons. The molecule has 2 nitrogen and oxygen atoms in total. The Morgan fingerprint density at radius 2 is 1.85 bits per heavy atom. The Bertz CT molecular complexity index is 158. The lowest BCUT2D eigenvalue weighted by Crippen LogP contribution is -2.59. The van der Waals surface area contributed by atoms with Gasteiger partial charge in [0.15, 0.2) is 0 Å². The Morgan fingerprint density at radius 1 is 1.31 bits per heavy atom. The van der Waals surface area contributed by atoms with Gasteiger partial charge in [-0.05, 0) is 19.4 Å². The van der Waals surface area contributed by atoms with Gasteiger partial charge >= 0.3 is 6.18 Å². The second-order valence-electron chi connectivity index (χ2n) is 3.22. The summed E-state index contributed by atoms with van der Waals surface area (Å²) in [5.41, 5.74) is -1.71. The number of halogens is 3. The number of hydrogen-bond acceptors (Lipinski definition) is 2. The number of rotatable bonds is 2. The minimum atomic E-state index is -4.17. The summed E-state index contributed by atoms with van der Waals surface area (Å²) in [7, 11) is 0. The van der Waals surface area contributed by atoms with Gasteiger partial charge in [-0.25, -0.2) is 0 Å². The molecule has 1 fully saturated rings. The highest BCUT2D eigenvalue weighted by molar-refractivity contribution is 4.96. The van der Waals surface area contributed by atoms with E-state index in [1.807, 2.05) is 0 Å². The predicted molar refractivity (Wildman–Crippen MR) is 42.5 cm³/mol. The van der Waals surface area contributed by atoms with Crippen LogP contribution < -0.4 is 5.32 Å². The Morgan fingerprint density at radius 3 is 2.23 bits per heavy atom. The molecule has 0 aliphatic carbocycles. The molecule has 1 heterocycles. The molecule has 0 amide bonds. The summed E-state index contributed by atoms with van der Waals surface area (Å²) in [6.07, 6.45) is -4.14. The SMILES string of the molecule is CCNC1(C(F)(F)F)CCOCC1. The third kappa shape index (κ3) is 2.14. The summed E-state index contributed by atoms with van der Waals surface area (Å²) in [6, 6.07) is 0. The van der Waals surface area contributed by atoms with Gasteiger partial charge in [-0.15, -0.1) is 0 Å². The van der Waals surface area contributed by atoms with E-state index in [0.717, 1.165) is 0 Å². The van der Waals surface area contributed by atoms with E-state index in [-0.39, 0.29) is 26.1 Å². The number of hydrogen-bond donors (Lipinski definition) is 1. The van der Waals surface area contributed by atoms with Crippen LogP contribution in [0.1, 0.15) is 19.8 Å². The van der Waals surface area contributed by atoms with E-state index in [1.54, 1.807) is 6.92 Å². The van der Waals surface area contributed by atoms with Crippen LogP contribution >= 0.6 is 0 Å². The minimum Gasteiger partial charge on any atom is -0.381 e. The van der Waals surface area contributed by atoms with Crippen LogP contribution in [0.4, 0.5) is 13.2 Å². The van der Waals surface area contributed by atoms with Crippen LogP contribution in [0.15, 0.2) is 0 Å². The van der Waals surface area contributed by atoms with Crippen molar-refractivity contribution in [2.45, 2.75) is 31.5 Å². The van der Waals surface area contributed by atoms with Crippen LogP contribution in [0, 0.1) is 0 Å². The largest absolute Gasteiger partial charge is 0.406 e. The van der Waals surface area contributed by atoms with Gasteiger partial charge < -0.3 is 10.1 Å². The first kappa shape index (κ1) is 10.8. The van der Waals surface area contributed by atoms with Crippen molar-refractivity contribution < 1.29 is 17.9 Å². The molecule has 1 aliphatic rings. The highest BCUT2D eigenvalue weighted by Gasteiger charge is 2.54. The average Bonchev–Trinajstić information content (AvgIpc) is 2.04. The molecule has 1 N–H and O–H groups in total. The second kappa shape index (κ2) is 3.84. The molecule has 0 bridgehead atoms. The van der Waals surface area contributed by atoms with Crippen LogP contribution in [-0.2, 0) is 4.74 Å². The number of nitrogens with one attached hydrogen (secondary N) is 1. The van der Waals surface area contributed by atoms with Gasteiger partial charge in [0.25, 0.3) is 0 Å². The predicted octanol–water partition coefficient (Wildman–Crippen LogP) is 1.71. The first-order valence-corrected chi connectivity index (χ1v) is 4.41. The van der Waals surface area contributed by atoms with E-state index < -0.39 is 11.7 Å². The molecule has 0 radical (unpaired) electrons. The summed E-state index contributed by atoms with van der Waals surface area (Å²) < 4.78 is 42.9. The Labute approximate surface area is 75.4 Å². The smallest absolute Gasteiger partial charge is 0.381 e. The summed E-state index contributed by atoms with van der Waals surface area (Å²) in [6.45, 7) is 2.39. The van der Waals surface area contributed by atoms with Crippen molar-refractivity contribution >= 4 is 0 Å². The fourth-order valence-corrected chi connectivity index (χ4v) is 1.62. The maximum absolute atomic E-state index is 12.7. The van der Waals surface area contributed by atoms with Gasteiger partial charge in [0.2, 0.25) is 0 Å². The third-order valence-electron chi connectivity index (χ3n) is 2.40. The third-order valence-corrected chi connectivity index (χ3v) is 2.40. The number of ether oxygens (including phenoxy) is 1. The van der Waals surface area contributed by atoms with Crippen molar-refractivity contribution in [3.8, 4) is 0 Å². The lowest BCUT2D eigenvalue weighted by atomic mass is 9.89. The zero-order valence-corrected chi connectivity index (χ0v) is 7.58. The summed E-state index contributed by atoms with van der Waals surface area (Å²) in [5, 5.41) is 2.53. The quantitative estimate of drug-likeness (QED) is 0.727. The van der Waals surface area contributed by atoms with Gasteiger partial charge in [-0.1, -0.05) is 6.92 Å². The average molecular weight is 197 g/mol. The van der Waals surface area contributed by atoms with Crippen molar-refractivity contribution in [2.75, 3.05) is 19.8 Å². The summed E-state index contributed by atoms with van der Waals surface area (Å²) >= 11 is 0. The summed E-state index contributed by atoms with van der Waals surface area (Å²) in [4.78, 5) is 0. The van der Waals surface area contributed by atoms with Crippen LogP contribution in [0.3, 0.4) is 0 Å². The van der Waals surface area contributed by atoms with Crippen molar-refractivity contribution in [1.29, 1.82) is 0 Å². The van der Waals surface area contributed by atoms with Gasteiger partial charge in [-0.3, -0.25) is 0 Å². The van der Waals surface area contributed by atoms with Gasteiger partial charge in [0.05, 0.1) is 0 Å². The second-order valence-corrected chi connectivity index (χ2v) is 3.22. The fourth-order valence-electron chi connectivity index (χ4n) is 1.62. The summed E-state index contributed by atoms with van der Waals surface area (Å²) in [5.74, 6) is 0. The molecule has 1 saturated heterocycles. The van der Waals surface area contributed by atoms with E-state index in [1.165, 1.54) is 0 Å². The molecular weight excluding hydrogens is 183 g/mol. The van der Waals surface area contributed by atoms with Crippen molar-refractivity contribution in [1.82, 2.24) is 5.32 Å². The Balaban J connectivity index is 2.73. The van der Waals surface area contributed by atoms with Crippen LogP contribution in [0.25, 0.3) is 0 Å². The van der Waals surface area contributed by atoms with Crippen molar-refractivity contribution in [2.24, 2.45) is 0 Å². The molecular formula is C8H14F3NO. The van der Waals surface area contributed by atoms with Crippen LogP contribution in [-0.4, -0.2) is 31.5 Å². The van der Waals surface area contributed by atoms with Crippen LogP contribution in [0.2, 0.25) is 0 Å². The highest BCUT2D eigenvalue weighted by Crippen LogP contribution is 2.37. The fraction of sp³-hybridized carbons (Fsp3) is 1.00. The molecule has 0 aromatic carbocycles. The van der Waals surface area contributed by atoms with Crippen LogP contribution in [0.5, 0.6) is 0 Å². The highest BCUT2D eigenvalue weighted by atomic mass is 19.4. The lowest BCUT2D eigenvalue weighted by Gasteiger charge is -2.39. The molecule has 1 rings (SSSR count). The molecule has 0 spiro atoms. The van der Waals surface area contributed by atoms with E-state index in [4.69, 9.17) is 4.74 Å². The maximum Gasteiger partial charge on any atom is 0.406 e. The Hall–Kier alpha value is -0.290. The molecule has 0 unspecified atom stereocenters. The molecule has 1 aliphatic heterocycles. The Kier molecular flexibility index (Phi) is 3.18.